The maximum Gasteiger partial charge on any atom is 0.581 e. The van der Waals surface area contributed by atoms with E-state index >= 15 is 0 Å². The van der Waals surface area contributed by atoms with Gasteiger partial charge in [0, 0.05) is 27.9 Å². The molecule has 26 heteroatoms. The molecule has 0 saturated heterocycles. The van der Waals surface area contributed by atoms with Crippen molar-refractivity contribution in [3.63, 3.8) is 0 Å². The molecule has 1 N–H and O–H groups in total. The predicted molar refractivity (Wildman–Crippen MR) is 90.1 cm³/mol. The van der Waals surface area contributed by atoms with Crippen molar-refractivity contribution in [1.82, 2.24) is 0 Å². The van der Waals surface area contributed by atoms with E-state index < -0.39 is 67.9 Å². The van der Waals surface area contributed by atoms with Gasteiger partial charge in [0.15, 0.2) is 0 Å². The Morgan fingerprint density at radius 1 is 0.415 bits per heavy atom. The van der Waals surface area contributed by atoms with Crippen molar-refractivity contribution >= 4 is 8.80 Å². The first-order chi connectivity index (χ1) is 17.6. The third kappa shape index (κ3) is 5.42. The molecule has 0 aromatic heterocycles. The van der Waals surface area contributed by atoms with E-state index in [1.54, 1.807) is 6.92 Å². The summed E-state index contributed by atoms with van der Waals surface area (Å²) < 4.78 is 291. The van der Waals surface area contributed by atoms with Crippen LogP contribution in [0.25, 0.3) is 0 Å². The summed E-state index contributed by atoms with van der Waals surface area (Å²) >= 11 is 0. The van der Waals surface area contributed by atoms with Gasteiger partial charge in [-0.2, -0.15) is 92.2 Å². The summed E-state index contributed by atoms with van der Waals surface area (Å²) in [5.74, 6) is -71.0. The Bertz CT molecular complexity index is 811. The zero-order chi connectivity index (χ0) is 34.3. The maximum atomic E-state index is 14.1. The number of aliphatic hydroxyl groups excluding tert-OH is 1. The lowest BCUT2D eigenvalue weighted by molar-refractivity contribution is -0.473. The first kappa shape index (κ1) is 41.7. The van der Waals surface area contributed by atoms with Gasteiger partial charge in [-0.25, -0.2) is 0 Å². The zero-order valence-electron chi connectivity index (χ0n) is 19.8. The molecule has 0 aliphatic rings. The number of alkyl halides is 21. The lowest BCUT2D eigenvalue weighted by atomic mass is 9.87. The summed E-state index contributed by atoms with van der Waals surface area (Å²) in [5.41, 5.74) is -7.09. The molecule has 0 aliphatic carbocycles. The van der Waals surface area contributed by atoms with Crippen LogP contribution in [0.15, 0.2) is 0 Å². The van der Waals surface area contributed by atoms with Crippen LogP contribution in [-0.2, 0) is 13.3 Å². The molecule has 0 amide bonds. The Kier molecular flexibility index (Phi) is 11.8. The van der Waals surface area contributed by atoms with Crippen molar-refractivity contribution in [2.24, 2.45) is 0 Å². The molecular formula is C15H15F21O4Si. The number of aliphatic hydroxyl groups is 1. The van der Waals surface area contributed by atoms with Gasteiger partial charge in [0.25, 0.3) is 0 Å². The van der Waals surface area contributed by atoms with Crippen LogP contribution in [0.3, 0.4) is 0 Å². The van der Waals surface area contributed by atoms with Crippen LogP contribution in [-0.4, -0.2) is 101 Å². The fraction of sp³-hybridized carbons (Fsp3) is 1.00. The fourth-order valence-electron chi connectivity index (χ4n) is 2.39. The van der Waals surface area contributed by atoms with Gasteiger partial charge in [-0.05, 0) is 6.92 Å². The molecule has 0 unspecified atom stereocenters. The minimum Gasteiger partial charge on any atom is -0.397 e. The highest BCUT2D eigenvalue weighted by Gasteiger charge is 2.99. The van der Waals surface area contributed by atoms with Gasteiger partial charge in [-0.3, -0.25) is 0 Å². The monoisotopic (exact) mass is 686 g/mol. The van der Waals surface area contributed by atoms with Gasteiger partial charge in [-0.1, -0.05) is 0 Å². The Labute approximate surface area is 214 Å². The van der Waals surface area contributed by atoms with Crippen molar-refractivity contribution in [2.45, 2.75) is 66.0 Å². The van der Waals surface area contributed by atoms with E-state index in [9.17, 15) is 92.2 Å². The van der Waals surface area contributed by atoms with Gasteiger partial charge in [-0.15, -0.1) is 0 Å². The summed E-state index contributed by atoms with van der Waals surface area (Å²) in [4.78, 5) is 0. The van der Waals surface area contributed by atoms with E-state index in [4.69, 9.17) is 5.11 Å². The second-order valence-corrected chi connectivity index (χ2v) is 10.1. The van der Waals surface area contributed by atoms with Gasteiger partial charge >= 0.3 is 67.9 Å². The third-order valence-corrected chi connectivity index (χ3v) is 7.40. The Morgan fingerprint density at radius 3 is 0.756 bits per heavy atom. The van der Waals surface area contributed by atoms with Crippen molar-refractivity contribution in [3.05, 3.63) is 0 Å². The molecule has 0 atom stereocenters. The molecule has 0 heterocycles. The summed E-state index contributed by atoms with van der Waals surface area (Å²) in [5, 5.41) is 7.57. The van der Waals surface area contributed by atoms with E-state index in [0.717, 1.165) is 0 Å². The average molecular weight is 686 g/mol. The third-order valence-electron chi connectivity index (χ3n) is 4.70. The SMILES string of the molecule is CCO.CO[Si](OC)(OC)C(F)(F)C(F)(F)C(F)(F)C(F)(F)C(F)(F)C(F)(F)C(F)(F)C(F)(F)C(F)(F)C(F)(F)F. The molecule has 4 nitrogen and oxygen atoms in total. The highest BCUT2D eigenvalue weighted by Crippen LogP contribution is 2.66. The Hall–Kier alpha value is -1.41. The lowest BCUT2D eigenvalue weighted by Gasteiger charge is -2.45. The quantitative estimate of drug-likeness (QED) is 0.184. The second kappa shape index (κ2) is 11.6. The van der Waals surface area contributed by atoms with Crippen LogP contribution in [0.1, 0.15) is 6.92 Å². The van der Waals surface area contributed by atoms with E-state index in [-0.39, 0.29) is 27.9 Å². The number of rotatable bonds is 12. The van der Waals surface area contributed by atoms with Crippen LogP contribution in [0.2, 0.25) is 0 Å². The molecule has 0 spiro atoms. The molecule has 0 radical (unpaired) electrons. The van der Waals surface area contributed by atoms with Gasteiger partial charge in [0.05, 0.1) is 0 Å². The van der Waals surface area contributed by atoms with Crippen molar-refractivity contribution < 1.29 is 111 Å². The molecule has 0 aliphatic heterocycles. The normalized spacial score (nSPS) is 16.0. The Balaban J connectivity index is 0. The number of hydrogen-bond acceptors (Lipinski definition) is 4. The smallest absolute Gasteiger partial charge is 0.397 e. The summed E-state index contributed by atoms with van der Waals surface area (Å²) in [6.45, 7) is 1.93. The standard InChI is InChI=1S/C13H9F21O3Si.C2H6O/c1-35-38(36-2,37-3)13(33,34)11(28,29)9(24,25)7(20,21)5(16,17)4(14,15)6(18,19)8(22,23)10(26,27)12(30,31)32;1-2-3/h1-3H3;3H,2H2,1H3. The van der Waals surface area contributed by atoms with Gasteiger partial charge in [0.1, 0.15) is 0 Å². The van der Waals surface area contributed by atoms with E-state index in [0.29, 0.717) is 0 Å². The van der Waals surface area contributed by atoms with Crippen LogP contribution < -0.4 is 0 Å². The first-order valence-electron chi connectivity index (χ1n) is 9.33. The second-order valence-electron chi connectivity index (χ2n) is 7.15. The van der Waals surface area contributed by atoms with Gasteiger partial charge in [0.2, 0.25) is 0 Å². The number of halogens is 21. The first-order valence-corrected chi connectivity index (χ1v) is 11.1. The minimum absolute atomic E-state index is 0.119. The molecule has 0 aromatic carbocycles. The summed E-state index contributed by atoms with van der Waals surface area (Å²) in [6, 6.07) is 0. The summed E-state index contributed by atoms with van der Waals surface area (Å²) in [7, 11) is -7.17. The average Bonchev–Trinajstić information content (AvgIpc) is 2.79. The van der Waals surface area contributed by atoms with Gasteiger partial charge < -0.3 is 18.4 Å². The molecule has 0 aromatic rings. The Morgan fingerprint density at radius 2 is 0.585 bits per heavy atom. The van der Waals surface area contributed by atoms with Crippen molar-refractivity contribution in [1.29, 1.82) is 0 Å². The predicted octanol–water partition coefficient (Wildman–Crippen LogP) is 6.68. The highest BCUT2D eigenvalue weighted by atomic mass is 28.4. The topological polar surface area (TPSA) is 47.9 Å². The molecular weight excluding hydrogens is 671 g/mol. The van der Waals surface area contributed by atoms with Crippen LogP contribution in [0, 0.1) is 0 Å². The fourth-order valence-corrected chi connectivity index (χ4v) is 4.20. The molecule has 250 valence electrons. The van der Waals surface area contributed by atoms with Crippen LogP contribution in [0.5, 0.6) is 0 Å². The largest absolute Gasteiger partial charge is 0.581 e. The van der Waals surface area contributed by atoms with E-state index in [1.165, 1.54) is 0 Å². The maximum absolute atomic E-state index is 14.1. The van der Waals surface area contributed by atoms with Crippen molar-refractivity contribution in [3.8, 4) is 0 Å². The molecule has 0 rings (SSSR count). The molecule has 0 saturated carbocycles. The summed E-state index contributed by atoms with van der Waals surface area (Å²) in [6.07, 6.45) is -8.03. The zero-order valence-corrected chi connectivity index (χ0v) is 20.8. The molecule has 0 bridgehead atoms. The minimum atomic E-state index is -9.23. The van der Waals surface area contributed by atoms with Crippen LogP contribution >= 0.6 is 0 Å². The molecule has 41 heavy (non-hydrogen) atoms. The lowest BCUT2D eigenvalue weighted by Crippen LogP contribution is -2.79. The van der Waals surface area contributed by atoms with E-state index in [2.05, 4.69) is 13.3 Å². The van der Waals surface area contributed by atoms with E-state index in [1.807, 2.05) is 0 Å². The molecule has 0 fully saturated rings. The van der Waals surface area contributed by atoms with Crippen molar-refractivity contribution in [2.75, 3.05) is 27.9 Å². The number of hydrogen-bond donors (Lipinski definition) is 1. The van der Waals surface area contributed by atoms with Crippen LogP contribution in [0.4, 0.5) is 92.2 Å². The highest BCUT2D eigenvalue weighted by molar-refractivity contribution is 6.63.